The number of aryl methyl sites for hydroxylation is 2. The average molecular weight is 594 g/mol. The van der Waals surface area contributed by atoms with Crippen molar-refractivity contribution in [1.82, 2.24) is 5.32 Å². The second kappa shape index (κ2) is 14.9. The van der Waals surface area contributed by atoms with Gasteiger partial charge in [0.05, 0.1) is 11.9 Å². The number of hydrogen-bond donors (Lipinski definition) is 3. The van der Waals surface area contributed by atoms with E-state index in [-0.39, 0.29) is 16.9 Å². The van der Waals surface area contributed by atoms with E-state index in [0.29, 0.717) is 29.2 Å². The van der Waals surface area contributed by atoms with Crippen molar-refractivity contribution in [2.45, 2.75) is 37.8 Å². The van der Waals surface area contributed by atoms with Gasteiger partial charge < -0.3 is 20.7 Å². The van der Waals surface area contributed by atoms with Crippen molar-refractivity contribution in [3.63, 3.8) is 0 Å². The molecular weight excluding hydrogens is 558 g/mol. The Morgan fingerprint density at radius 3 is 2.23 bits per heavy atom. The Bertz CT molecular complexity index is 1620. The molecule has 0 heterocycles. The summed E-state index contributed by atoms with van der Waals surface area (Å²) in [6, 6.07) is 29.2. The fourth-order valence-electron chi connectivity index (χ4n) is 4.38. The number of thioether (sulfide) groups is 1. The van der Waals surface area contributed by atoms with Crippen molar-refractivity contribution in [2.24, 2.45) is 0 Å². The van der Waals surface area contributed by atoms with Crippen molar-refractivity contribution < 1.29 is 19.1 Å². The minimum Gasteiger partial charge on any atom is -0.493 e. The first kappa shape index (κ1) is 31.1. The third kappa shape index (κ3) is 9.08. The molecule has 0 aliphatic carbocycles. The van der Waals surface area contributed by atoms with Gasteiger partial charge in [-0.05, 0) is 93.4 Å². The lowest BCUT2D eigenvalue weighted by molar-refractivity contribution is -0.115. The number of amides is 3. The standard InChI is InChI=1S/C35H35N3O4S/c1-5-42-32-17-10-9-14-27(32)21-31(38-34(40)26-12-7-6-8-13-26)35(41)36-28-15-11-16-30(22-28)43-25(4)33(39)37-29-19-23(2)18-24(3)20-29/h6-22,25H,5H2,1-4H3,(H,36,41)(H,37,39)(H,38,40)/b31-21+. The predicted molar refractivity (Wildman–Crippen MR) is 174 cm³/mol. The quantitative estimate of drug-likeness (QED) is 0.126. The summed E-state index contributed by atoms with van der Waals surface area (Å²) in [5.41, 5.74) is 4.57. The van der Waals surface area contributed by atoms with Gasteiger partial charge in [-0.15, -0.1) is 11.8 Å². The van der Waals surface area contributed by atoms with E-state index in [1.807, 2.05) is 82.3 Å². The first-order valence-corrected chi connectivity index (χ1v) is 14.9. The fourth-order valence-corrected chi connectivity index (χ4v) is 5.30. The molecule has 0 saturated heterocycles. The van der Waals surface area contributed by atoms with E-state index in [2.05, 4.69) is 22.0 Å². The van der Waals surface area contributed by atoms with Crippen molar-refractivity contribution in [3.05, 3.63) is 125 Å². The fraction of sp³-hybridized carbons (Fsp3) is 0.171. The van der Waals surface area contributed by atoms with Crippen LogP contribution in [0.1, 0.15) is 40.9 Å². The van der Waals surface area contributed by atoms with E-state index in [1.165, 1.54) is 11.8 Å². The van der Waals surface area contributed by atoms with Gasteiger partial charge in [-0.2, -0.15) is 0 Å². The summed E-state index contributed by atoms with van der Waals surface area (Å²) in [6.07, 6.45) is 1.60. The van der Waals surface area contributed by atoms with Crippen LogP contribution in [0, 0.1) is 13.8 Å². The van der Waals surface area contributed by atoms with E-state index in [4.69, 9.17) is 4.74 Å². The summed E-state index contributed by atoms with van der Waals surface area (Å²) in [6.45, 7) is 8.15. The molecule has 0 aromatic heterocycles. The first-order chi connectivity index (χ1) is 20.7. The monoisotopic (exact) mass is 593 g/mol. The molecule has 43 heavy (non-hydrogen) atoms. The van der Waals surface area contributed by atoms with Gasteiger partial charge in [0.1, 0.15) is 11.4 Å². The molecule has 4 rings (SSSR count). The molecule has 220 valence electrons. The molecule has 4 aromatic rings. The van der Waals surface area contributed by atoms with Crippen LogP contribution in [0.5, 0.6) is 5.75 Å². The molecule has 0 spiro atoms. The normalized spacial score (nSPS) is 11.8. The molecule has 0 bridgehead atoms. The minimum atomic E-state index is -0.502. The van der Waals surface area contributed by atoms with Crippen molar-refractivity contribution in [1.29, 1.82) is 0 Å². The zero-order valence-electron chi connectivity index (χ0n) is 24.6. The summed E-state index contributed by atoms with van der Waals surface area (Å²) in [4.78, 5) is 40.3. The molecule has 0 saturated carbocycles. The van der Waals surface area contributed by atoms with Crippen molar-refractivity contribution in [2.75, 3.05) is 17.2 Å². The third-order valence-electron chi connectivity index (χ3n) is 6.31. The zero-order chi connectivity index (χ0) is 30.8. The highest BCUT2D eigenvalue weighted by atomic mass is 32.2. The van der Waals surface area contributed by atoms with E-state index < -0.39 is 11.8 Å². The summed E-state index contributed by atoms with van der Waals surface area (Å²) < 4.78 is 5.72. The first-order valence-electron chi connectivity index (χ1n) is 14.0. The molecule has 4 aromatic carbocycles. The maximum atomic E-state index is 13.5. The van der Waals surface area contributed by atoms with E-state index in [9.17, 15) is 14.4 Å². The van der Waals surface area contributed by atoms with Gasteiger partial charge in [0.15, 0.2) is 0 Å². The number of rotatable bonds is 11. The maximum absolute atomic E-state index is 13.5. The SMILES string of the molecule is CCOc1ccccc1/C=C(/NC(=O)c1ccccc1)C(=O)Nc1cccc(SC(C)C(=O)Nc2cc(C)cc(C)c2)c1. The molecule has 0 fully saturated rings. The number of para-hydroxylation sites is 1. The largest absolute Gasteiger partial charge is 0.493 e. The minimum absolute atomic E-state index is 0.0558. The van der Waals surface area contributed by atoms with Crippen LogP contribution in [-0.2, 0) is 9.59 Å². The number of anilines is 2. The Hall–Kier alpha value is -4.82. The molecule has 1 unspecified atom stereocenters. The summed E-state index contributed by atoms with van der Waals surface area (Å²) in [5, 5.41) is 8.25. The highest BCUT2D eigenvalue weighted by molar-refractivity contribution is 8.00. The number of ether oxygens (including phenoxy) is 1. The molecule has 8 heteroatoms. The zero-order valence-corrected chi connectivity index (χ0v) is 25.5. The third-order valence-corrected chi connectivity index (χ3v) is 7.40. The molecule has 1 atom stereocenters. The van der Waals surface area contributed by atoms with Crippen LogP contribution in [-0.4, -0.2) is 29.6 Å². The Kier molecular flexibility index (Phi) is 10.8. The van der Waals surface area contributed by atoms with E-state index >= 15 is 0 Å². The summed E-state index contributed by atoms with van der Waals surface area (Å²) in [5.74, 6) is -0.441. The topological polar surface area (TPSA) is 96.5 Å². The molecule has 3 N–H and O–H groups in total. The Morgan fingerprint density at radius 2 is 1.51 bits per heavy atom. The van der Waals surface area contributed by atoms with Crippen molar-refractivity contribution >= 4 is 46.9 Å². The summed E-state index contributed by atoms with van der Waals surface area (Å²) in [7, 11) is 0. The van der Waals surface area contributed by atoms with E-state index in [0.717, 1.165) is 21.7 Å². The summed E-state index contributed by atoms with van der Waals surface area (Å²) >= 11 is 1.38. The highest BCUT2D eigenvalue weighted by Crippen LogP contribution is 2.27. The van der Waals surface area contributed by atoms with Gasteiger partial charge in [-0.3, -0.25) is 14.4 Å². The smallest absolute Gasteiger partial charge is 0.272 e. The van der Waals surface area contributed by atoms with Gasteiger partial charge in [-0.25, -0.2) is 0 Å². The molecule has 0 radical (unpaired) electrons. The highest BCUT2D eigenvalue weighted by Gasteiger charge is 2.18. The average Bonchev–Trinajstić information content (AvgIpc) is 2.98. The number of hydrogen-bond acceptors (Lipinski definition) is 5. The number of carbonyl (C=O) groups excluding carboxylic acids is 3. The molecule has 0 aliphatic rings. The Morgan fingerprint density at radius 1 is 0.814 bits per heavy atom. The van der Waals surface area contributed by atoms with Crippen LogP contribution < -0.4 is 20.7 Å². The predicted octanol–water partition coefficient (Wildman–Crippen LogP) is 7.23. The maximum Gasteiger partial charge on any atom is 0.272 e. The second-order valence-corrected chi connectivity index (χ2v) is 11.4. The van der Waals surface area contributed by atoms with Crippen LogP contribution in [0.2, 0.25) is 0 Å². The van der Waals surface area contributed by atoms with Gasteiger partial charge in [-0.1, -0.05) is 48.5 Å². The Balaban J connectivity index is 1.51. The van der Waals surface area contributed by atoms with E-state index in [1.54, 1.807) is 42.5 Å². The van der Waals surface area contributed by atoms with Gasteiger partial charge in [0.2, 0.25) is 5.91 Å². The second-order valence-electron chi connectivity index (χ2n) is 9.96. The molecular formula is C35H35N3O4S. The molecule has 0 aliphatic heterocycles. The van der Waals surface area contributed by atoms with Crippen LogP contribution in [0.25, 0.3) is 6.08 Å². The number of carbonyl (C=O) groups is 3. The van der Waals surface area contributed by atoms with Gasteiger partial charge in [0, 0.05) is 27.4 Å². The van der Waals surface area contributed by atoms with Gasteiger partial charge >= 0.3 is 0 Å². The Labute approximate surface area is 256 Å². The number of nitrogens with one attached hydrogen (secondary N) is 3. The lowest BCUT2D eigenvalue weighted by Crippen LogP contribution is -2.30. The number of benzene rings is 4. The van der Waals surface area contributed by atoms with Crippen LogP contribution in [0.3, 0.4) is 0 Å². The molecule has 7 nitrogen and oxygen atoms in total. The van der Waals surface area contributed by atoms with Gasteiger partial charge in [0.25, 0.3) is 11.8 Å². The van der Waals surface area contributed by atoms with Crippen LogP contribution in [0.15, 0.2) is 108 Å². The lowest BCUT2D eigenvalue weighted by atomic mass is 10.1. The van der Waals surface area contributed by atoms with Crippen LogP contribution >= 0.6 is 11.8 Å². The van der Waals surface area contributed by atoms with Crippen molar-refractivity contribution in [3.8, 4) is 5.75 Å². The molecule has 3 amide bonds. The van der Waals surface area contributed by atoms with Crippen LogP contribution in [0.4, 0.5) is 11.4 Å². The lowest BCUT2D eigenvalue weighted by Gasteiger charge is -2.15.